The Morgan fingerprint density at radius 1 is 1.40 bits per heavy atom. The normalized spacial score (nSPS) is 23.4. The van der Waals surface area contributed by atoms with Gasteiger partial charge in [0.25, 0.3) is 5.69 Å². The second-order valence-electron chi connectivity index (χ2n) is 4.99. The van der Waals surface area contributed by atoms with Crippen LogP contribution in [-0.2, 0) is 14.3 Å². The average Bonchev–Trinajstić information content (AvgIpc) is 2.41. The number of benzene rings is 1. The number of hydrogen-bond acceptors (Lipinski definition) is 6. The van der Waals surface area contributed by atoms with Gasteiger partial charge in [-0.15, -0.1) is 0 Å². The van der Waals surface area contributed by atoms with Crippen LogP contribution in [0.3, 0.4) is 0 Å². The fraction of sp³-hybridized carbons (Fsp3) is 0.462. The summed E-state index contributed by atoms with van der Waals surface area (Å²) < 4.78 is 10.6. The number of aliphatic hydroxyl groups is 1. The molecule has 0 aliphatic carbocycles. The summed E-state index contributed by atoms with van der Waals surface area (Å²) in [6, 6.07) is 5.35. The van der Waals surface area contributed by atoms with Crippen molar-refractivity contribution in [1.29, 1.82) is 0 Å². The fourth-order valence-corrected chi connectivity index (χ4v) is 1.94. The van der Waals surface area contributed by atoms with E-state index in [1.165, 1.54) is 24.3 Å². The van der Waals surface area contributed by atoms with E-state index < -0.39 is 22.9 Å². The van der Waals surface area contributed by atoms with Gasteiger partial charge in [-0.2, -0.15) is 0 Å². The summed E-state index contributed by atoms with van der Waals surface area (Å²) in [5.74, 6) is -1.32. The molecule has 108 valence electrons. The zero-order chi connectivity index (χ0) is 14.9. The molecule has 7 nitrogen and oxygen atoms in total. The first-order valence-electron chi connectivity index (χ1n) is 6.07. The molecule has 1 heterocycles. The van der Waals surface area contributed by atoms with Gasteiger partial charge in [-0.1, -0.05) is 0 Å². The van der Waals surface area contributed by atoms with Crippen LogP contribution in [0.4, 0.5) is 5.69 Å². The first-order chi connectivity index (χ1) is 9.30. The number of ether oxygens (including phenoxy) is 2. The molecule has 0 bridgehead atoms. The van der Waals surface area contributed by atoms with Crippen LogP contribution in [0.1, 0.15) is 25.5 Å². The Morgan fingerprint density at radius 2 is 2.00 bits per heavy atom. The smallest absolute Gasteiger partial charge is 0.269 e. The molecule has 2 rings (SSSR count). The van der Waals surface area contributed by atoms with Crippen LogP contribution < -0.4 is 0 Å². The van der Waals surface area contributed by atoms with E-state index in [0.29, 0.717) is 5.56 Å². The molecule has 1 aromatic rings. The minimum atomic E-state index is -1.19. The lowest BCUT2D eigenvalue weighted by Crippen LogP contribution is -2.48. The molecule has 0 radical (unpaired) electrons. The second kappa shape index (κ2) is 5.28. The molecule has 1 N–H and O–H groups in total. The Hall–Kier alpha value is -1.83. The number of rotatable bonds is 3. The Labute approximate surface area is 115 Å². The molecule has 0 aromatic heterocycles. The van der Waals surface area contributed by atoms with Crippen LogP contribution in [0.25, 0.3) is 0 Å². The lowest BCUT2D eigenvalue weighted by Gasteiger charge is -2.36. The van der Waals surface area contributed by atoms with Gasteiger partial charge >= 0.3 is 0 Å². The Kier molecular flexibility index (Phi) is 3.85. The third kappa shape index (κ3) is 3.01. The predicted octanol–water partition coefficient (Wildman–Crippen LogP) is 1.35. The quantitative estimate of drug-likeness (QED) is 0.663. The number of ketones is 1. The molecule has 7 heteroatoms. The summed E-state index contributed by atoms with van der Waals surface area (Å²) in [6.45, 7) is 3.16. The average molecular weight is 281 g/mol. The molecule has 2 atom stereocenters. The summed E-state index contributed by atoms with van der Waals surface area (Å²) in [6.07, 6.45) is -2.23. The van der Waals surface area contributed by atoms with Gasteiger partial charge in [0.1, 0.15) is 12.7 Å². The van der Waals surface area contributed by atoms with Crippen molar-refractivity contribution < 1.29 is 24.3 Å². The van der Waals surface area contributed by atoms with Gasteiger partial charge in [0.2, 0.25) is 0 Å². The van der Waals surface area contributed by atoms with Gasteiger partial charge in [-0.25, -0.2) is 0 Å². The Morgan fingerprint density at radius 3 is 2.55 bits per heavy atom. The number of hydrogen-bond donors (Lipinski definition) is 1. The van der Waals surface area contributed by atoms with Crippen molar-refractivity contribution in [1.82, 2.24) is 0 Å². The summed E-state index contributed by atoms with van der Waals surface area (Å²) in [5.41, 5.74) is 0.298. The zero-order valence-corrected chi connectivity index (χ0v) is 11.1. The van der Waals surface area contributed by atoms with Gasteiger partial charge in [0.05, 0.1) is 4.92 Å². The maximum Gasteiger partial charge on any atom is 0.269 e. The highest BCUT2D eigenvalue weighted by molar-refractivity contribution is 5.85. The van der Waals surface area contributed by atoms with E-state index in [-0.39, 0.29) is 18.1 Å². The molecule has 1 aliphatic heterocycles. The van der Waals surface area contributed by atoms with E-state index in [1.807, 2.05) is 0 Å². The largest absolute Gasteiger partial charge is 0.385 e. The first-order valence-corrected chi connectivity index (χ1v) is 6.07. The monoisotopic (exact) mass is 281 g/mol. The molecule has 0 amide bonds. The highest BCUT2D eigenvalue weighted by Crippen LogP contribution is 2.29. The highest BCUT2D eigenvalue weighted by atomic mass is 16.7. The predicted molar refractivity (Wildman–Crippen MR) is 68.0 cm³/mol. The fourth-order valence-electron chi connectivity index (χ4n) is 1.94. The van der Waals surface area contributed by atoms with E-state index in [9.17, 15) is 20.0 Å². The maximum absolute atomic E-state index is 11.8. The van der Waals surface area contributed by atoms with E-state index in [1.54, 1.807) is 13.8 Å². The molecule has 20 heavy (non-hydrogen) atoms. The standard InChI is InChI=1S/C13H15NO6/c1-13(2)19-7-10(15)12(20-13)11(16)8-3-5-9(6-4-8)14(17)18/h3-6,11-12,16H,7H2,1-2H3/t11-,12-/m1/s1. The van der Waals surface area contributed by atoms with Crippen molar-refractivity contribution in [3.63, 3.8) is 0 Å². The number of aliphatic hydroxyl groups excluding tert-OH is 1. The van der Waals surface area contributed by atoms with Crippen LogP contribution in [0.5, 0.6) is 0 Å². The molecule has 1 aromatic carbocycles. The lowest BCUT2D eigenvalue weighted by atomic mass is 10.00. The van der Waals surface area contributed by atoms with Gasteiger partial charge < -0.3 is 14.6 Å². The maximum atomic E-state index is 11.8. The molecular formula is C13H15NO6. The molecule has 1 saturated heterocycles. The summed E-state index contributed by atoms with van der Waals surface area (Å²) in [5, 5.41) is 20.8. The van der Waals surface area contributed by atoms with Crippen molar-refractivity contribution in [2.45, 2.75) is 31.8 Å². The molecule has 0 spiro atoms. The van der Waals surface area contributed by atoms with Crippen molar-refractivity contribution in [2.75, 3.05) is 6.61 Å². The van der Waals surface area contributed by atoms with Crippen LogP contribution in [-0.4, -0.2) is 34.3 Å². The van der Waals surface area contributed by atoms with Gasteiger partial charge in [-0.05, 0) is 31.5 Å². The highest BCUT2D eigenvalue weighted by Gasteiger charge is 2.39. The van der Waals surface area contributed by atoms with E-state index >= 15 is 0 Å². The zero-order valence-electron chi connectivity index (χ0n) is 11.1. The summed E-state index contributed by atoms with van der Waals surface area (Å²) >= 11 is 0. The van der Waals surface area contributed by atoms with Gasteiger partial charge in [-0.3, -0.25) is 14.9 Å². The van der Waals surface area contributed by atoms with Crippen molar-refractivity contribution in [3.05, 3.63) is 39.9 Å². The Balaban J connectivity index is 2.19. The van der Waals surface area contributed by atoms with Crippen LogP contribution in [0, 0.1) is 10.1 Å². The van der Waals surface area contributed by atoms with Crippen LogP contribution in [0.2, 0.25) is 0 Å². The van der Waals surface area contributed by atoms with Gasteiger partial charge in [0, 0.05) is 12.1 Å². The molecular weight excluding hydrogens is 266 g/mol. The first kappa shape index (κ1) is 14.6. The number of carbonyl (C=O) groups excluding carboxylic acids is 1. The molecule has 1 aliphatic rings. The number of nitro benzene ring substituents is 1. The van der Waals surface area contributed by atoms with Crippen molar-refractivity contribution in [3.8, 4) is 0 Å². The molecule has 0 saturated carbocycles. The third-order valence-electron chi connectivity index (χ3n) is 3.02. The van der Waals surface area contributed by atoms with E-state index in [2.05, 4.69) is 0 Å². The summed E-state index contributed by atoms with van der Waals surface area (Å²) in [7, 11) is 0. The van der Waals surface area contributed by atoms with Crippen LogP contribution >= 0.6 is 0 Å². The molecule has 1 fully saturated rings. The van der Waals surface area contributed by atoms with Gasteiger partial charge in [0.15, 0.2) is 17.7 Å². The van der Waals surface area contributed by atoms with E-state index in [4.69, 9.17) is 9.47 Å². The number of Topliss-reactive ketones (excluding diaryl/α,β-unsaturated/α-hetero) is 1. The topological polar surface area (TPSA) is 98.9 Å². The SMILES string of the molecule is CC1(C)OCC(=O)[C@H]([C@H](O)c2ccc([N+](=O)[O-])cc2)O1. The van der Waals surface area contributed by atoms with Crippen molar-refractivity contribution in [2.24, 2.45) is 0 Å². The lowest BCUT2D eigenvalue weighted by molar-refractivity contribution is -0.384. The minimum absolute atomic E-state index is 0.0829. The minimum Gasteiger partial charge on any atom is -0.385 e. The Bertz CT molecular complexity index is 524. The second-order valence-corrected chi connectivity index (χ2v) is 4.99. The number of nitro groups is 1. The van der Waals surface area contributed by atoms with Crippen LogP contribution in [0.15, 0.2) is 24.3 Å². The van der Waals surface area contributed by atoms with Crippen molar-refractivity contribution >= 4 is 11.5 Å². The molecule has 0 unspecified atom stereocenters. The van der Waals surface area contributed by atoms with E-state index in [0.717, 1.165) is 0 Å². The number of non-ortho nitro benzene ring substituents is 1. The summed E-state index contributed by atoms with van der Waals surface area (Å²) in [4.78, 5) is 21.8. The number of nitrogens with zero attached hydrogens (tertiary/aromatic N) is 1. The number of carbonyl (C=O) groups is 1. The third-order valence-corrected chi connectivity index (χ3v) is 3.02.